The molecule has 0 aromatic heterocycles. The van der Waals surface area contributed by atoms with Crippen molar-refractivity contribution in [2.75, 3.05) is 0 Å². The summed E-state index contributed by atoms with van der Waals surface area (Å²) in [6, 6.07) is 35.9. The molecule has 0 fully saturated rings. The number of carbonyl (C=O) groups is 2. The van der Waals surface area contributed by atoms with E-state index in [4.69, 9.17) is 0 Å². The van der Waals surface area contributed by atoms with E-state index in [0.717, 1.165) is 33.4 Å². The monoisotopic (exact) mass is 498 g/mol. The molecule has 5 aromatic rings. The number of carboxylic acid groups (broad SMARTS) is 2. The van der Waals surface area contributed by atoms with Gasteiger partial charge in [0, 0.05) is 0 Å². The molecule has 4 heteroatoms. The Labute approximate surface area is 221 Å². The molecule has 0 aliphatic rings. The van der Waals surface area contributed by atoms with Gasteiger partial charge in [0.1, 0.15) is 0 Å². The average Bonchev–Trinajstić information content (AvgIpc) is 2.96. The summed E-state index contributed by atoms with van der Waals surface area (Å²) in [4.78, 5) is 24.8. The van der Waals surface area contributed by atoms with Crippen molar-refractivity contribution in [2.45, 2.75) is 13.3 Å². The summed E-state index contributed by atoms with van der Waals surface area (Å²) in [7, 11) is 0. The highest BCUT2D eigenvalue weighted by molar-refractivity contribution is 6.09. The second-order valence-electron chi connectivity index (χ2n) is 9.00. The molecular weight excluding hydrogens is 472 g/mol. The van der Waals surface area contributed by atoms with Crippen molar-refractivity contribution in [1.29, 1.82) is 0 Å². The molecular formula is C34H26O4. The zero-order chi connectivity index (χ0) is 26.6. The molecule has 0 heterocycles. The first-order valence-electron chi connectivity index (χ1n) is 12.5. The first kappa shape index (κ1) is 24.7. The maximum absolute atomic E-state index is 12.5. The molecule has 38 heavy (non-hydrogen) atoms. The van der Waals surface area contributed by atoms with Crippen LogP contribution in [-0.2, 0) is 6.42 Å². The van der Waals surface area contributed by atoms with Crippen LogP contribution in [-0.4, -0.2) is 22.2 Å². The Morgan fingerprint density at radius 2 is 0.974 bits per heavy atom. The maximum Gasteiger partial charge on any atom is 0.336 e. The number of benzene rings is 5. The molecule has 186 valence electrons. The molecule has 0 aliphatic carbocycles. The highest BCUT2D eigenvalue weighted by Gasteiger charge is 2.26. The van der Waals surface area contributed by atoms with E-state index in [1.807, 2.05) is 91.9 Å². The van der Waals surface area contributed by atoms with Crippen molar-refractivity contribution in [1.82, 2.24) is 0 Å². The Balaban J connectivity index is 2.06. The normalized spacial score (nSPS) is 10.8. The third-order valence-corrected chi connectivity index (χ3v) is 6.79. The predicted molar refractivity (Wildman–Crippen MR) is 151 cm³/mol. The molecule has 0 saturated carbocycles. The molecule has 5 rings (SSSR count). The van der Waals surface area contributed by atoms with Gasteiger partial charge in [0.05, 0.1) is 11.1 Å². The smallest absolute Gasteiger partial charge is 0.336 e. The van der Waals surface area contributed by atoms with E-state index in [1.165, 1.54) is 0 Å². The quantitative estimate of drug-likeness (QED) is 0.237. The lowest BCUT2D eigenvalue weighted by molar-refractivity contribution is 0.0686. The van der Waals surface area contributed by atoms with Gasteiger partial charge in [-0.05, 0) is 74.7 Å². The summed E-state index contributed by atoms with van der Waals surface area (Å²) in [6.45, 7) is 2.03. The Morgan fingerprint density at radius 3 is 1.47 bits per heavy atom. The Kier molecular flexibility index (Phi) is 6.88. The predicted octanol–water partition coefficient (Wildman–Crippen LogP) is 8.31. The molecule has 2 N–H and O–H groups in total. The summed E-state index contributed by atoms with van der Waals surface area (Å²) in [6.07, 6.45) is 0.625. The van der Waals surface area contributed by atoms with Gasteiger partial charge >= 0.3 is 11.9 Å². The number of hydrogen-bond acceptors (Lipinski definition) is 2. The molecule has 0 bridgehead atoms. The largest absolute Gasteiger partial charge is 0.478 e. The van der Waals surface area contributed by atoms with Crippen molar-refractivity contribution >= 4 is 11.9 Å². The first-order chi connectivity index (χ1) is 18.5. The van der Waals surface area contributed by atoms with Crippen LogP contribution in [0.1, 0.15) is 33.2 Å². The zero-order valence-electron chi connectivity index (χ0n) is 20.9. The van der Waals surface area contributed by atoms with Crippen molar-refractivity contribution in [2.24, 2.45) is 0 Å². The summed E-state index contributed by atoms with van der Waals surface area (Å²) in [5.74, 6) is -2.08. The highest BCUT2D eigenvalue weighted by Crippen LogP contribution is 2.49. The van der Waals surface area contributed by atoms with Crippen LogP contribution in [0.15, 0.2) is 115 Å². The second-order valence-corrected chi connectivity index (χ2v) is 9.00. The van der Waals surface area contributed by atoms with Crippen LogP contribution < -0.4 is 0 Å². The summed E-state index contributed by atoms with van der Waals surface area (Å²) < 4.78 is 0. The lowest BCUT2D eigenvalue weighted by Crippen LogP contribution is -2.06. The van der Waals surface area contributed by atoms with Crippen LogP contribution in [0.25, 0.3) is 44.5 Å². The molecule has 0 unspecified atom stereocenters. The lowest BCUT2D eigenvalue weighted by atomic mass is 9.78. The lowest BCUT2D eigenvalue weighted by Gasteiger charge is -2.25. The fraction of sp³-hybridized carbons (Fsp3) is 0.0588. The van der Waals surface area contributed by atoms with E-state index >= 15 is 0 Å². The Bertz CT molecular complexity index is 1640. The van der Waals surface area contributed by atoms with Gasteiger partial charge < -0.3 is 10.2 Å². The number of hydrogen-bond donors (Lipinski definition) is 2. The standard InChI is InChI=1S/C34H26O4/c1-2-22-21-29(23-13-5-3-6-14-23)31(24-15-7-4-8-16-24)32(26-18-10-12-20-28(26)34(37)38)30(22)25-17-9-11-19-27(25)33(35)36/h3-21H,2H2,1H3,(H,35,36)(H,37,38). The Hall–Kier alpha value is -4.96. The first-order valence-corrected chi connectivity index (χ1v) is 12.5. The van der Waals surface area contributed by atoms with Gasteiger partial charge in [0.2, 0.25) is 0 Å². The third-order valence-electron chi connectivity index (χ3n) is 6.79. The van der Waals surface area contributed by atoms with Crippen molar-refractivity contribution in [3.05, 3.63) is 132 Å². The van der Waals surface area contributed by atoms with Gasteiger partial charge in [-0.1, -0.05) is 104 Å². The molecule has 5 aromatic carbocycles. The van der Waals surface area contributed by atoms with E-state index in [9.17, 15) is 19.8 Å². The average molecular weight is 499 g/mol. The van der Waals surface area contributed by atoms with Crippen molar-refractivity contribution in [3.63, 3.8) is 0 Å². The minimum Gasteiger partial charge on any atom is -0.478 e. The fourth-order valence-electron chi connectivity index (χ4n) is 5.12. The van der Waals surface area contributed by atoms with Gasteiger partial charge in [0.15, 0.2) is 0 Å². The molecule has 0 aliphatic heterocycles. The number of rotatable bonds is 7. The van der Waals surface area contributed by atoms with Crippen LogP contribution in [0.5, 0.6) is 0 Å². The maximum atomic E-state index is 12.5. The van der Waals surface area contributed by atoms with E-state index in [0.29, 0.717) is 23.1 Å². The van der Waals surface area contributed by atoms with Crippen molar-refractivity contribution < 1.29 is 19.8 Å². The number of aryl methyl sites for hydroxylation is 1. The van der Waals surface area contributed by atoms with Crippen LogP contribution >= 0.6 is 0 Å². The summed E-state index contributed by atoms with van der Waals surface area (Å²) in [5.41, 5.74) is 7.54. The molecule has 0 saturated heterocycles. The van der Waals surface area contributed by atoms with Gasteiger partial charge in [-0.15, -0.1) is 0 Å². The van der Waals surface area contributed by atoms with E-state index < -0.39 is 11.9 Å². The van der Waals surface area contributed by atoms with Gasteiger partial charge in [0.25, 0.3) is 0 Å². The molecule has 0 amide bonds. The molecule has 0 atom stereocenters. The second kappa shape index (κ2) is 10.6. The third kappa shape index (κ3) is 4.48. The fourth-order valence-corrected chi connectivity index (χ4v) is 5.12. The van der Waals surface area contributed by atoms with E-state index in [1.54, 1.807) is 24.3 Å². The minimum absolute atomic E-state index is 0.158. The summed E-state index contributed by atoms with van der Waals surface area (Å²) >= 11 is 0. The van der Waals surface area contributed by atoms with Gasteiger partial charge in [-0.3, -0.25) is 0 Å². The number of carboxylic acids is 2. The SMILES string of the molecule is CCc1cc(-c2ccccc2)c(-c2ccccc2)c(-c2ccccc2C(=O)O)c1-c1ccccc1C(=O)O. The van der Waals surface area contributed by atoms with Gasteiger partial charge in [-0.25, -0.2) is 9.59 Å². The minimum atomic E-state index is -1.04. The topological polar surface area (TPSA) is 74.6 Å². The van der Waals surface area contributed by atoms with Crippen LogP contribution in [0.3, 0.4) is 0 Å². The zero-order valence-corrected chi connectivity index (χ0v) is 20.9. The molecule has 0 radical (unpaired) electrons. The number of aromatic carboxylic acids is 2. The van der Waals surface area contributed by atoms with E-state index in [2.05, 4.69) is 6.07 Å². The highest BCUT2D eigenvalue weighted by atomic mass is 16.4. The van der Waals surface area contributed by atoms with Crippen molar-refractivity contribution in [3.8, 4) is 44.5 Å². The van der Waals surface area contributed by atoms with Gasteiger partial charge in [-0.2, -0.15) is 0 Å². The molecule has 0 spiro atoms. The van der Waals surface area contributed by atoms with Crippen LogP contribution in [0.2, 0.25) is 0 Å². The van der Waals surface area contributed by atoms with E-state index in [-0.39, 0.29) is 11.1 Å². The Morgan fingerprint density at radius 1 is 0.526 bits per heavy atom. The molecule has 4 nitrogen and oxygen atoms in total. The summed E-state index contributed by atoms with van der Waals surface area (Å²) in [5, 5.41) is 20.3. The van der Waals surface area contributed by atoms with Crippen LogP contribution in [0.4, 0.5) is 0 Å². The van der Waals surface area contributed by atoms with Crippen LogP contribution in [0, 0.1) is 0 Å².